The van der Waals surface area contributed by atoms with E-state index >= 15 is 0 Å². The molecule has 0 aliphatic carbocycles. The van der Waals surface area contributed by atoms with E-state index in [1.54, 1.807) is 13.3 Å². The summed E-state index contributed by atoms with van der Waals surface area (Å²) in [7, 11) is 1.67. The van der Waals surface area contributed by atoms with E-state index in [0.29, 0.717) is 6.54 Å². The minimum Gasteiger partial charge on any atom is -0.496 e. The molecule has 4 nitrogen and oxygen atoms in total. The molecule has 2 rings (SSSR count). The highest BCUT2D eigenvalue weighted by Gasteiger charge is 2.02. The average molecular weight is 229 g/mol. The molecule has 0 amide bonds. The van der Waals surface area contributed by atoms with Gasteiger partial charge in [-0.15, -0.1) is 0 Å². The van der Waals surface area contributed by atoms with Gasteiger partial charge >= 0.3 is 0 Å². The van der Waals surface area contributed by atoms with Crippen LogP contribution in [0.2, 0.25) is 0 Å². The lowest BCUT2D eigenvalue weighted by Gasteiger charge is -2.05. The van der Waals surface area contributed by atoms with Gasteiger partial charge in [-0.25, -0.2) is 0 Å². The van der Waals surface area contributed by atoms with Crippen molar-refractivity contribution in [1.82, 2.24) is 10.2 Å². The van der Waals surface area contributed by atoms with Crippen molar-refractivity contribution >= 4 is 5.71 Å². The molecule has 17 heavy (non-hydrogen) atoms. The lowest BCUT2D eigenvalue weighted by atomic mass is 10.2. The first-order valence-electron chi connectivity index (χ1n) is 5.44. The van der Waals surface area contributed by atoms with Crippen LogP contribution in [0.5, 0.6) is 5.75 Å². The van der Waals surface area contributed by atoms with E-state index in [1.807, 2.05) is 37.3 Å². The Morgan fingerprint density at radius 2 is 2.18 bits per heavy atom. The molecule has 0 atom stereocenters. The first-order valence-corrected chi connectivity index (χ1v) is 5.44. The fourth-order valence-electron chi connectivity index (χ4n) is 1.58. The predicted molar refractivity (Wildman–Crippen MR) is 67.5 cm³/mol. The summed E-state index contributed by atoms with van der Waals surface area (Å²) in [5.41, 5.74) is 2.86. The first kappa shape index (κ1) is 11.4. The van der Waals surface area contributed by atoms with E-state index in [0.717, 1.165) is 22.7 Å². The molecule has 0 radical (unpaired) electrons. The van der Waals surface area contributed by atoms with Gasteiger partial charge in [0.15, 0.2) is 0 Å². The maximum atomic E-state index is 5.28. The minimum atomic E-state index is 0.600. The standard InChI is InChI=1S/C13H15N3O/c1-10(12-7-8-15-16-12)14-9-11-5-3-4-6-13(11)17-2/h3-8H,9H2,1-2H3,(H,15,16). The van der Waals surface area contributed by atoms with Gasteiger partial charge in [0.1, 0.15) is 11.4 Å². The maximum Gasteiger partial charge on any atom is 0.123 e. The summed E-state index contributed by atoms with van der Waals surface area (Å²) in [5, 5.41) is 6.86. The molecule has 0 aliphatic heterocycles. The minimum absolute atomic E-state index is 0.600. The van der Waals surface area contributed by atoms with E-state index < -0.39 is 0 Å². The first-order chi connectivity index (χ1) is 8.31. The highest BCUT2D eigenvalue weighted by atomic mass is 16.5. The van der Waals surface area contributed by atoms with Gasteiger partial charge in [-0.1, -0.05) is 18.2 Å². The molecule has 0 spiro atoms. The van der Waals surface area contributed by atoms with E-state index in [-0.39, 0.29) is 0 Å². The van der Waals surface area contributed by atoms with Crippen LogP contribution in [0.25, 0.3) is 0 Å². The van der Waals surface area contributed by atoms with Crippen molar-refractivity contribution in [1.29, 1.82) is 0 Å². The van der Waals surface area contributed by atoms with Gasteiger partial charge in [-0.2, -0.15) is 5.10 Å². The summed E-state index contributed by atoms with van der Waals surface area (Å²) < 4.78 is 5.28. The number of hydrogen-bond donors (Lipinski definition) is 1. The Kier molecular flexibility index (Phi) is 3.55. The number of benzene rings is 1. The molecule has 0 saturated carbocycles. The molecule has 1 heterocycles. The number of aliphatic imine (C=N–C) groups is 1. The lowest BCUT2D eigenvalue weighted by Crippen LogP contribution is -1.97. The zero-order valence-corrected chi connectivity index (χ0v) is 9.97. The molecule has 2 aromatic rings. The van der Waals surface area contributed by atoms with Gasteiger partial charge in [-0.05, 0) is 19.1 Å². The Bertz CT molecular complexity index is 503. The molecule has 0 bridgehead atoms. The number of aromatic nitrogens is 2. The van der Waals surface area contributed by atoms with Crippen LogP contribution >= 0.6 is 0 Å². The fraction of sp³-hybridized carbons (Fsp3) is 0.231. The SMILES string of the molecule is COc1ccccc1CN=C(C)c1cc[nH]n1. The lowest BCUT2D eigenvalue weighted by molar-refractivity contribution is 0.410. The molecule has 0 aliphatic rings. The highest BCUT2D eigenvalue weighted by molar-refractivity contribution is 5.96. The summed E-state index contributed by atoms with van der Waals surface area (Å²) in [6, 6.07) is 9.79. The van der Waals surface area contributed by atoms with Crippen LogP contribution in [0.3, 0.4) is 0 Å². The Labute approximate surface area is 100 Å². The highest BCUT2D eigenvalue weighted by Crippen LogP contribution is 2.18. The van der Waals surface area contributed by atoms with Crippen molar-refractivity contribution in [2.75, 3.05) is 7.11 Å². The van der Waals surface area contributed by atoms with Crippen LogP contribution < -0.4 is 4.74 Å². The normalized spacial score (nSPS) is 11.5. The Morgan fingerprint density at radius 1 is 1.35 bits per heavy atom. The number of hydrogen-bond acceptors (Lipinski definition) is 3. The van der Waals surface area contributed by atoms with Gasteiger partial charge in [0.25, 0.3) is 0 Å². The molecule has 4 heteroatoms. The molecule has 1 aromatic carbocycles. The van der Waals surface area contributed by atoms with Crippen molar-refractivity contribution in [2.45, 2.75) is 13.5 Å². The summed E-state index contributed by atoms with van der Waals surface area (Å²) >= 11 is 0. The van der Waals surface area contributed by atoms with Crippen molar-refractivity contribution in [3.63, 3.8) is 0 Å². The van der Waals surface area contributed by atoms with Gasteiger partial charge in [0.05, 0.1) is 19.4 Å². The molecule has 0 saturated heterocycles. The fourth-order valence-corrected chi connectivity index (χ4v) is 1.58. The number of nitrogens with one attached hydrogen (secondary N) is 1. The van der Waals surface area contributed by atoms with Crippen molar-refractivity contribution in [3.05, 3.63) is 47.8 Å². The van der Waals surface area contributed by atoms with Crippen LogP contribution in [0.4, 0.5) is 0 Å². The smallest absolute Gasteiger partial charge is 0.123 e. The number of nitrogens with zero attached hydrogens (tertiary/aromatic N) is 2. The third-order valence-electron chi connectivity index (χ3n) is 2.55. The number of para-hydroxylation sites is 1. The molecular weight excluding hydrogens is 214 g/mol. The number of ether oxygens (including phenoxy) is 1. The summed E-state index contributed by atoms with van der Waals surface area (Å²) in [4.78, 5) is 4.50. The van der Waals surface area contributed by atoms with Gasteiger partial charge in [0, 0.05) is 11.8 Å². The van der Waals surface area contributed by atoms with E-state index in [4.69, 9.17) is 4.74 Å². The second kappa shape index (κ2) is 5.30. The van der Waals surface area contributed by atoms with Crippen molar-refractivity contribution in [3.8, 4) is 5.75 Å². The third kappa shape index (κ3) is 2.72. The second-order valence-corrected chi connectivity index (χ2v) is 3.67. The summed E-state index contributed by atoms with van der Waals surface area (Å²) in [5.74, 6) is 0.867. The van der Waals surface area contributed by atoms with E-state index in [2.05, 4.69) is 15.2 Å². The molecule has 0 fully saturated rings. The van der Waals surface area contributed by atoms with Crippen molar-refractivity contribution < 1.29 is 4.74 Å². The quantitative estimate of drug-likeness (QED) is 0.818. The van der Waals surface area contributed by atoms with Gasteiger partial charge in [0.2, 0.25) is 0 Å². The van der Waals surface area contributed by atoms with Crippen molar-refractivity contribution in [2.24, 2.45) is 4.99 Å². The predicted octanol–water partition coefficient (Wildman–Crippen LogP) is 2.43. The van der Waals surface area contributed by atoms with Crippen LogP contribution in [-0.4, -0.2) is 23.0 Å². The molecule has 88 valence electrons. The molecule has 0 unspecified atom stereocenters. The monoisotopic (exact) mass is 229 g/mol. The van der Waals surface area contributed by atoms with Gasteiger partial charge in [-0.3, -0.25) is 10.1 Å². The van der Waals surface area contributed by atoms with Crippen LogP contribution in [0.1, 0.15) is 18.2 Å². The molecular formula is C13H15N3O. The van der Waals surface area contributed by atoms with E-state index in [9.17, 15) is 0 Å². The van der Waals surface area contributed by atoms with Crippen LogP contribution in [0.15, 0.2) is 41.5 Å². The Balaban J connectivity index is 2.14. The van der Waals surface area contributed by atoms with Crippen LogP contribution in [-0.2, 0) is 6.54 Å². The Hall–Kier alpha value is -2.10. The number of aromatic amines is 1. The average Bonchev–Trinajstić information content (AvgIpc) is 2.90. The number of rotatable bonds is 4. The summed E-state index contributed by atoms with van der Waals surface area (Å²) in [6.45, 7) is 2.55. The zero-order valence-electron chi connectivity index (χ0n) is 9.97. The Morgan fingerprint density at radius 3 is 2.88 bits per heavy atom. The van der Waals surface area contributed by atoms with Crippen LogP contribution in [0, 0.1) is 0 Å². The topological polar surface area (TPSA) is 50.3 Å². The number of H-pyrrole nitrogens is 1. The molecule has 1 aromatic heterocycles. The zero-order chi connectivity index (χ0) is 12.1. The van der Waals surface area contributed by atoms with Gasteiger partial charge < -0.3 is 4.74 Å². The molecule has 1 N–H and O–H groups in total. The summed E-state index contributed by atoms with van der Waals surface area (Å²) in [6.07, 6.45) is 1.79. The third-order valence-corrected chi connectivity index (χ3v) is 2.55. The maximum absolute atomic E-state index is 5.28. The second-order valence-electron chi connectivity index (χ2n) is 3.67. The number of methoxy groups -OCH3 is 1. The largest absolute Gasteiger partial charge is 0.496 e. The van der Waals surface area contributed by atoms with E-state index in [1.165, 1.54) is 0 Å².